The van der Waals surface area contributed by atoms with E-state index in [1.54, 1.807) is 0 Å². The number of unbranched alkanes of at least 4 members (excludes halogenated alkanes) is 9. The lowest BCUT2D eigenvalue weighted by molar-refractivity contribution is -0.123. The molecule has 0 saturated carbocycles. The first-order valence-electron chi connectivity index (χ1n) is 11.1. The first-order chi connectivity index (χ1) is 12.1. The minimum Gasteiger partial charge on any atom is -0.356 e. The van der Waals surface area contributed by atoms with Crippen molar-refractivity contribution in [2.75, 3.05) is 26.2 Å². The van der Waals surface area contributed by atoms with Crippen molar-refractivity contribution in [2.45, 2.75) is 105 Å². The molecule has 0 atom stereocenters. The topological polar surface area (TPSA) is 32.3 Å². The maximum Gasteiger partial charge on any atom is 0.222 e. The van der Waals surface area contributed by atoms with Gasteiger partial charge in [-0.2, -0.15) is 0 Å². The lowest BCUT2D eigenvalue weighted by Crippen LogP contribution is -2.33. The van der Waals surface area contributed by atoms with E-state index in [0.717, 1.165) is 19.5 Å². The minimum absolute atomic E-state index is 0.0952. The van der Waals surface area contributed by atoms with Crippen LogP contribution in [-0.4, -0.2) is 37.0 Å². The average Bonchev–Trinajstić information content (AvgIpc) is 2.60. The fourth-order valence-corrected chi connectivity index (χ4v) is 3.11. The molecule has 3 heteroatoms. The van der Waals surface area contributed by atoms with Crippen molar-refractivity contribution in [3.63, 3.8) is 0 Å². The molecule has 0 fully saturated rings. The molecular weight excluding hydrogens is 308 g/mol. The van der Waals surface area contributed by atoms with E-state index in [1.807, 2.05) is 13.8 Å². The van der Waals surface area contributed by atoms with Gasteiger partial charge in [-0.25, -0.2) is 0 Å². The molecule has 3 nitrogen and oxygen atoms in total. The van der Waals surface area contributed by atoms with Crippen molar-refractivity contribution in [1.29, 1.82) is 0 Å². The molecule has 0 bridgehead atoms. The molecule has 0 aromatic carbocycles. The van der Waals surface area contributed by atoms with Crippen LogP contribution in [0.5, 0.6) is 0 Å². The lowest BCUT2D eigenvalue weighted by Gasteiger charge is -2.22. The molecule has 0 aromatic heterocycles. The Morgan fingerprint density at radius 2 is 1.16 bits per heavy atom. The third kappa shape index (κ3) is 16.6. The molecular formula is C22H46N2O. The quantitative estimate of drug-likeness (QED) is 0.316. The summed E-state index contributed by atoms with van der Waals surface area (Å²) < 4.78 is 0. The van der Waals surface area contributed by atoms with E-state index >= 15 is 0 Å². The number of amides is 1. The first-order valence-corrected chi connectivity index (χ1v) is 11.1. The van der Waals surface area contributed by atoms with Crippen LogP contribution in [0.2, 0.25) is 0 Å². The van der Waals surface area contributed by atoms with Gasteiger partial charge in [0, 0.05) is 12.5 Å². The van der Waals surface area contributed by atoms with Crippen molar-refractivity contribution in [3.8, 4) is 0 Å². The predicted molar refractivity (Wildman–Crippen MR) is 111 cm³/mol. The first kappa shape index (κ1) is 24.4. The summed E-state index contributed by atoms with van der Waals surface area (Å²) in [5, 5.41) is 3.05. The van der Waals surface area contributed by atoms with Gasteiger partial charge in [0.15, 0.2) is 0 Å². The summed E-state index contributed by atoms with van der Waals surface area (Å²) in [5.41, 5.74) is 0. The van der Waals surface area contributed by atoms with Crippen LogP contribution in [-0.2, 0) is 4.79 Å². The Morgan fingerprint density at radius 3 is 1.64 bits per heavy atom. The molecule has 0 aliphatic rings. The standard InChI is InChI=1S/C22H46N2O/c1-5-7-9-11-13-15-19-24(18-14-12-10-8-6-2)20-16-17-23-22(25)21(3)4/h21H,5-20H2,1-4H3,(H,23,25). The van der Waals surface area contributed by atoms with Gasteiger partial charge in [-0.15, -0.1) is 0 Å². The van der Waals surface area contributed by atoms with E-state index in [0.29, 0.717) is 0 Å². The highest BCUT2D eigenvalue weighted by Crippen LogP contribution is 2.08. The summed E-state index contributed by atoms with van der Waals surface area (Å²) >= 11 is 0. The van der Waals surface area contributed by atoms with Crippen LogP contribution >= 0.6 is 0 Å². The second kappa shape index (κ2) is 18.2. The molecule has 150 valence electrons. The summed E-state index contributed by atoms with van der Waals surface area (Å²) in [6, 6.07) is 0. The van der Waals surface area contributed by atoms with Crippen LogP contribution in [0.3, 0.4) is 0 Å². The molecule has 0 rings (SSSR count). The molecule has 0 aliphatic heterocycles. The van der Waals surface area contributed by atoms with Crippen molar-refractivity contribution in [1.82, 2.24) is 10.2 Å². The smallest absolute Gasteiger partial charge is 0.222 e. The zero-order valence-electron chi connectivity index (χ0n) is 17.7. The fraction of sp³-hybridized carbons (Fsp3) is 0.955. The predicted octanol–water partition coefficient (Wildman–Crippen LogP) is 5.78. The van der Waals surface area contributed by atoms with Crippen LogP contribution in [0.15, 0.2) is 0 Å². The highest BCUT2D eigenvalue weighted by Gasteiger charge is 2.07. The molecule has 0 aliphatic carbocycles. The summed E-state index contributed by atoms with van der Waals surface area (Å²) in [6.45, 7) is 12.9. The van der Waals surface area contributed by atoms with Crippen LogP contribution in [0.25, 0.3) is 0 Å². The van der Waals surface area contributed by atoms with Crippen molar-refractivity contribution < 1.29 is 4.79 Å². The van der Waals surface area contributed by atoms with Gasteiger partial charge in [0.2, 0.25) is 5.91 Å². The fourth-order valence-electron chi connectivity index (χ4n) is 3.11. The summed E-state index contributed by atoms with van der Waals surface area (Å²) in [6.07, 6.45) is 16.0. The van der Waals surface area contributed by atoms with E-state index in [4.69, 9.17) is 0 Å². The molecule has 0 unspecified atom stereocenters. The number of carbonyl (C=O) groups is 1. The normalized spacial score (nSPS) is 11.4. The summed E-state index contributed by atoms with van der Waals surface area (Å²) in [7, 11) is 0. The van der Waals surface area contributed by atoms with E-state index in [9.17, 15) is 4.79 Å². The molecule has 25 heavy (non-hydrogen) atoms. The molecule has 0 spiro atoms. The van der Waals surface area contributed by atoms with Gasteiger partial charge < -0.3 is 10.2 Å². The van der Waals surface area contributed by atoms with E-state index in [-0.39, 0.29) is 11.8 Å². The maximum absolute atomic E-state index is 11.6. The molecule has 1 N–H and O–H groups in total. The van der Waals surface area contributed by atoms with Crippen LogP contribution in [0.4, 0.5) is 0 Å². The largest absolute Gasteiger partial charge is 0.356 e. The Kier molecular flexibility index (Phi) is 17.8. The van der Waals surface area contributed by atoms with Gasteiger partial charge in [-0.05, 0) is 38.9 Å². The van der Waals surface area contributed by atoms with Gasteiger partial charge in [0.25, 0.3) is 0 Å². The van der Waals surface area contributed by atoms with E-state index in [2.05, 4.69) is 24.1 Å². The van der Waals surface area contributed by atoms with Gasteiger partial charge in [-0.3, -0.25) is 4.79 Å². The molecule has 0 heterocycles. The van der Waals surface area contributed by atoms with Gasteiger partial charge in [0.05, 0.1) is 0 Å². The van der Waals surface area contributed by atoms with Crippen molar-refractivity contribution >= 4 is 5.91 Å². The lowest BCUT2D eigenvalue weighted by atomic mass is 10.1. The van der Waals surface area contributed by atoms with Gasteiger partial charge in [0.1, 0.15) is 0 Å². The highest BCUT2D eigenvalue weighted by molar-refractivity contribution is 5.77. The molecule has 0 saturated heterocycles. The van der Waals surface area contributed by atoms with Crippen molar-refractivity contribution in [2.24, 2.45) is 5.92 Å². The zero-order valence-corrected chi connectivity index (χ0v) is 17.7. The van der Waals surface area contributed by atoms with Gasteiger partial charge >= 0.3 is 0 Å². The monoisotopic (exact) mass is 354 g/mol. The Bertz CT molecular complexity index is 292. The second-order valence-electron chi connectivity index (χ2n) is 7.82. The van der Waals surface area contributed by atoms with Crippen LogP contribution in [0.1, 0.15) is 105 Å². The third-order valence-corrected chi connectivity index (χ3v) is 4.88. The van der Waals surface area contributed by atoms with E-state index in [1.165, 1.54) is 83.7 Å². The Labute approximate surface area is 158 Å². The highest BCUT2D eigenvalue weighted by atomic mass is 16.1. The molecule has 0 radical (unpaired) electrons. The summed E-state index contributed by atoms with van der Waals surface area (Å²) in [5.74, 6) is 0.278. The number of hydrogen-bond acceptors (Lipinski definition) is 2. The number of nitrogens with one attached hydrogen (secondary N) is 1. The Balaban J connectivity index is 3.91. The third-order valence-electron chi connectivity index (χ3n) is 4.88. The summed E-state index contributed by atoms with van der Waals surface area (Å²) in [4.78, 5) is 14.3. The zero-order chi connectivity index (χ0) is 18.8. The number of hydrogen-bond donors (Lipinski definition) is 1. The van der Waals surface area contributed by atoms with Crippen molar-refractivity contribution in [3.05, 3.63) is 0 Å². The number of nitrogens with zero attached hydrogens (tertiary/aromatic N) is 1. The Hall–Kier alpha value is -0.570. The second-order valence-corrected chi connectivity index (χ2v) is 7.82. The molecule has 0 aromatic rings. The molecule has 1 amide bonds. The minimum atomic E-state index is 0.0952. The number of carbonyl (C=O) groups excluding carboxylic acids is 1. The van der Waals surface area contributed by atoms with Crippen LogP contribution in [0, 0.1) is 5.92 Å². The number of rotatable bonds is 18. The average molecular weight is 355 g/mol. The van der Waals surface area contributed by atoms with Crippen LogP contribution < -0.4 is 5.32 Å². The SMILES string of the molecule is CCCCCCCCN(CCCCCCC)CCCNC(=O)C(C)C. The van der Waals surface area contributed by atoms with E-state index < -0.39 is 0 Å². The Morgan fingerprint density at radius 1 is 0.720 bits per heavy atom. The maximum atomic E-state index is 11.6. The van der Waals surface area contributed by atoms with Gasteiger partial charge in [-0.1, -0.05) is 85.5 Å².